The fourth-order valence-electron chi connectivity index (χ4n) is 1.91. The quantitative estimate of drug-likeness (QED) is 0.851. The number of aromatic carboxylic acids is 1. The summed E-state index contributed by atoms with van der Waals surface area (Å²) >= 11 is 0. The smallest absolute Gasteiger partial charge is 0.341 e. The molecule has 6 nitrogen and oxygen atoms in total. The van der Waals surface area contributed by atoms with Crippen LogP contribution in [0.1, 0.15) is 23.0 Å². The zero-order valence-corrected chi connectivity index (χ0v) is 11.0. The monoisotopic (exact) mass is 261 g/mol. The Labute approximate surface area is 110 Å². The molecule has 19 heavy (non-hydrogen) atoms. The van der Waals surface area contributed by atoms with Crippen molar-refractivity contribution in [3.8, 4) is 5.75 Å². The summed E-state index contributed by atoms with van der Waals surface area (Å²) in [5.74, 6) is -0.741. The molecule has 2 aromatic heterocycles. The van der Waals surface area contributed by atoms with Gasteiger partial charge >= 0.3 is 5.97 Å². The number of rotatable bonds is 4. The molecule has 2 rings (SSSR count). The predicted molar refractivity (Wildman–Crippen MR) is 70.5 cm³/mol. The molecule has 0 fully saturated rings. The summed E-state index contributed by atoms with van der Waals surface area (Å²) in [6.07, 6.45) is 4.95. The van der Waals surface area contributed by atoms with Crippen LogP contribution in [0.2, 0.25) is 0 Å². The minimum absolute atomic E-state index is 0.0492. The molecule has 0 aliphatic carbocycles. The molecule has 0 amide bonds. The summed E-state index contributed by atoms with van der Waals surface area (Å²) in [5, 5.41) is 14.1. The van der Waals surface area contributed by atoms with Crippen molar-refractivity contribution in [1.29, 1.82) is 0 Å². The number of nitrogens with zero attached hydrogens (tertiary/aromatic N) is 3. The van der Waals surface area contributed by atoms with E-state index in [-0.39, 0.29) is 5.56 Å². The average molecular weight is 261 g/mol. The predicted octanol–water partition coefficient (Wildman–Crippen LogP) is 1.93. The Balaban J connectivity index is 2.65. The number of carboxylic acid groups (broad SMARTS) is 1. The molecule has 0 atom stereocenters. The van der Waals surface area contributed by atoms with E-state index in [0.717, 1.165) is 0 Å². The van der Waals surface area contributed by atoms with Crippen LogP contribution in [0, 0.1) is 6.92 Å². The van der Waals surface area contributed by atoms with Crippen LogP contribution in [0.5, 0.6) is 5.75 Å². The van der Waals surface area contributed by atoms with E-state index >= 15 is 0 Å². The number of ether oxygens (including phenoxy) is 1. The minimum atomic E-state index is -1.06. The van der Waals surface area contributed by atoms with Gasteiger partial charge in [0.1, 0.15) is 17.9 Å². The molecule has 0 radical (unpaired) electrons. The first-order valence-electron chi connectivity index (χ1n) is 5.85. The molecular weight excluding hydrogens is 246 g/mol. The van der Waals surface area contributed by atoms with E-state index < -0.39 is 5.97 Å². The highest BCUT2D eigenvalue weighted by atomic mass is 16.5. The maximum Gasteiger partial charge on any atom is 0.341 e. The van der Waals surface area contributed by atoms with Gasteiger partial charge in [-0.05, 0) is 13.8 Å². The zero-order valence-electron chi connectivity index (χ0n) is 11.0. The fraction of sp³-hybridized carbons (Fsp3) is 0.308. The van der Waals surface area contributed by atoms with Crippen LogP contribution in [-0.4, -0.2) is 32.4 Å². The minimum Gasteiger partial charge on any atom is -0.488 e. The van der Waals surface area contributed by atoms with Crippen LogP contribution in [0.25, 0.3) is 11.0 Å². The molecule has 100 valence electrons. The Morgan fingerprint density at radius 1 is 1.58 bits per heavy atom. The molecule has 0 aliphatic heterocycles. The third-order valence-corrected chi connectivity index (χ3v) is 2.77. The van der Waals surface area contributed by atoms with E-state index in [0.29, 0.717) is 29.1 Å². The standard InChI is InChI=1S/C13H15N3O3/c1-4-5-6-19-11-9(13(17)18)7-14-12-10(11)8(2)15-16(12)3/h4-5,7H,6H2,1-3H3,(H,17,18)/b5-4+. The molecule has 2 heterocycles. The Hall–Kier alpha value is -2.37. The zero-order chi connectivity index (χ0) is 14.0. The summed E-state index contributed by atoms with van der Waals surface area (Å²) in [6.45, 7) is 3.99. The third kappa shape index (κ3) is 2.29. The number of hydrogen-bond donors (Lipinski definition) is 1. The lowest BCUT2D eigenvalue weighted by molar-refractivity contribution is 0.0692. The SMILES string of the molecule is C/C=C/COc1c(C(=O)O)cnc2c1c(C)nn2C. The number of fused-ring (bicyclic) bond motifs is 1. The molecule has 0 saturated heterocycles. The molecule has 0 aliphatic rings. The summed E-state index contributed by atoms with van der Waals surface area (Å²) in [7, 11) is 1.76. The van der Waals surface area contributed by atoms with Gasteiger partial charge in [-0.2, -0.15) is 5.10 Å². The maximum absolute atomic E-state index is 11.3. The summed E-state index contributed by atoms with van der Waals surface area (Å²) in [5.41, 5.74) is 1.36. The van der Waals surface area contributed by atoms with Gasteiger partial charge in [-0.1, -0.05) is 12.2 Å². The van der Waals surface area contributed by atoms with Crippen molar-refractivity contribution in [2.75, 3.05) is 6.61 Å². The van der Waals surface area contributed by atoms with Gasteiger partial charge in [0.05, 0.1) is 11.1 Å². The summed E-state index contributed by atoms with van der Waals surface area (Å²) in [6, 6.07) is 0. The summed E-state index contributed by atoms with van der Waals surface area (Å²) < 4.78 is 7.20. The highest BCUT2D eigenvalue weighted by molar-refractivity contribution is 5.98. The molecule has 6 heteroatoms. The normalized spacial score (nSPS) is 11.3. The van der Waals surface area contributed by atoms with Crippen LogP contribution in [0.15, 0.2) is 18.3 Å². The Morgan fingerprint density at radius 2 is 2.32 bits per heavy atom. The lowest BCUT2D eigenvalue weighted by Gasteiger charge is -2.08. The van der Waals surface area contributed by atoms with Crippen LogP contribution in [0.3, 0.4) is 0 Å². The van der Waals surface area contributed by atoms with Crippen molar-refractivity contribution in [3.05, 3.63) is 29.6 Å². The van der Waals surface area contributed by atoms with Crippen LogP contribution >= 0.6 is 0 Å². The van der Waals surface area contributed by atoms with Gasteiger partial charge in [0.2, 0.25) is 0 Å². The van der Waals surface area contributed by atoms with Gasteiger partial charge < -0.3 is 9.84 Å². The lowest BCUT2D eigenvalue weighted by Crippen LogP contribution is -2.05. The second kappa shape index (κ2) is 5.09. The molecule has 0 saturated carbocycles. The second-order valence-electron chi connectivity index (χ2n) is 4.09. The number of aryl methyl sites for hydroxylation is 2. The van der Waals surface area contributed by atoms with Crippen LogP contribution in [-0.2, 0) is 7.05 Å². The van der Waals surface area contributed by atoms with Gasteiger partial charge in [-0.3, -0.25) is 4.68 Å². The van der Waals surface area contributed by atoms with Gasteiger partial charge in [-0.25, -0.2) is 9.78 Å². The first-order valence-corrected chi connectivity index (χ1v) is 5.85. The molecule has 0 aromatic carbocycles. The molecule has 1 N–H and O–H groups in total. The molecule has 0 spiro atoms. The summed E-state index contributed by atoms with van der Waals surface area (Å²) in [4.78, 5) is 15.4. The number of pyridine rings is 1. The first-order chi connectivity index (χ1) is 9.06. The van der Waals surface area contributed by atoms with Gasteiger partial charge in [0, 0.05) is 13.2 Å². The van der Waals surface area contributed by atoms with E-state index in [2.05, 4.69) is 10.1 Å². The van der Waals surface area contributed by atoms with Crippen molar-refractivity contribution in [2.45, 2.75) is 13.8 Å². The van der Waals surface area contributed by atoms with Crippen molar-refractivity contribution in [3.63, 3.8) is 0 Å². The fourth-order valence-corrected chi connectivity index (χ4v) is 1.91. The number of allylic oxidation sites excluding steroid dienone is 1. The van der Waals surface area contributed by atoms with Crippen molar-refractivity contribution in [1.82, 2.24) is 14.8 Å². The highest BCUT2D eigenvalue weighted by Gasteiger charge is 2.20. The topological polar surface area (TPSA) is 77.2 Å². The molecular formula is C13H15N3O3. The largest absolute Gasteiger partial charge is 0.488 e. The van der Waals surface area contributed by atoms with Crippen molar-refractivity contribution in [2.24, 2.45) is 7.05 Å². The van der Waals surface area contributed by atoms with Crippen LogP contribution < -0.4 is 4.74 Å². The van der Waals surface area contributed by atoms with Crippen molar-refractivity contribution < 1.29 is 14.6 Å². The Kier molecular flexibility index (Phi) is 3.50. The van der Waals surface area contributed by atoms with E-state index in [1.54, 1.807) is 18.7 Å². The molecule has 0 bridgehead atoms. The van der Waals surface area contributed by atoms with Gasteiger partial charge in [-0.15, -0.1) is 0 Å². The first kappa shape index (κ1) is 13.1. The van der Waals surface area contributed by atoms with E-state index in [9.17, 15) is 9.90 Å². The van der Waals surface area contributed by atoms with E-state index in [1.165, 1.54) is 6.20 Å². The van der Waals surface area contributed by atoms with Gasteiger partial charge in [0.15, 0.2) is 5.65 Å². The number of hydrogen-bond acceptors (Lipinski definition) is 4. The Bertz CT molecular complexity index is 659. The number of carbonyl (C=O) groups is 1. The maximum atomic E-state index is 11.3. The molecule has 0 unspecified atom stereocenters. The highest BCUT2D eigenvalue weighted by Crippen LogP contribution is 2.30. The molecule has 2 aromatic rings. The van der Waals surface area contributed by atoms with E-state index in [4.69, 9.17) is 4.74 Å². The second-order valence-corrected chi connectivity index (χ2v) is 4.09. The Morgan fingerprint density at radius 3 is 2.95 bits per heavy atom. The third-order valence-electron chi connectivity index (χ3n) is 2.77. The number of carboxylic acids is 1. The average Bonchev–Trinajstić information content (AvgIpc) is 2.65. The van der Waals surface area contributed by atoms with Crippen molar-refractivity contribution >= 4 is 17.0 Å². The van der Waals surface area contributed by atoms with Gasteiger partial charge in [0.25, 0.3) is 0 Å². The van der Waals surface area contributed by atoms with Crippen LogP contribution in [0.4, 0.5) is 0 Å². The number of aromatic nitrogens is 3. The van der Waals surface area contributed by atoms with E-state index in [1.807, 2.05) is 19.1 Å². The lowest BCUT2D eigenvalue weighted by atomic mass is 10.2.